The van der Waals surface area contributed by atoms with Crippen molar-refractivity contribution < 1.29 is 44.1 Å². The van der Waals surface area contributed by atoms with Gasteiger partial charge in [0.1, 0.15) is 24.2 Å². The molecule has 10 N–H and O–H groups in total. The number of rotatable bonds is 14. The zero-order valence-corrected chi connectivity index (χ0v) is 18.0. The van der Waals surface area contributed by atoms with E-state index in [1.807, 2.05) is 5.32 Å². The SMILES string of the molecule is CC(C)CC(NC(=O)C(CC(N)=O)NC(=O)C(N)C(C)O)C(=O)NC(CC(=O)O)C(=O)O. The van der Waals surface area contributed by atoms with E-state index in [4.69, 9.17) is 21.7 Å². The van der Waals surface area contributed by atoms with Gasteiger partial charge in [-0.2, -0.15) is 0 Å². The van der Waals surface area contributed by atoms with E-state index in [1.54, 1.807) is 13.8 Å². The van der Waals surface area contributed by atoms with E-state index < -0.39 is 78.7 Å². The van der Waals surface area contributed by atoms with Crippen LogP contribution >= 0.6 is 0 Å². The number of aliphatic hydroxyl groups is 1. The molecule has 0 aliphatic carbocycles. The predicted molar refractivity (Wildman–Crippen MR) is 109 cm³/mol. The van der Waals surface area contributed by atoms with Crippen LogP contribution in [0.5, 0.6) is 0 Å². The first-order valence-electron chi connectivity index (χ1n) is 9.73. The van der Waals surface area contributed by atoms with Crippen LogP contribution in [-0.2, 0) is 28.8 Å². The number of aliphatic hydroxyl groups excluding tert-OH is 1. The number of hydrogen-bond acceptors (Lipinski definition) is 8. The maximum atomic E-state index is 12.7. The summed E-state index contributed by atoms with van der Waals surface area (Å²) in [5.41, 5.74) is 10.6. The fourth-order valence-corrected chi connectivity index (χ4v) is 2.52. The zero-order chi connectivity index (χ0) is 25.2. The molecule has 5 atom stereocenters. The number of carbonyl (C=O) groups is 6. The number of amides is 4. The lowest BCUT2D eigenvalue weighted by molar-refractivity contribution is -0.147. The lowest BCUT2D eigenvalue weighted by atomic mass is 10.0. The number of aliphatic carboxylic acids is 2. The first-order chi connectivity index (χ1) is 14.6. The van der Waals surface area contributed by atoms with Gasteiger partial charge < -0.3 is 42.7 Å². The van der Waals surface area contributed by atoms with Crippen LogP contribution in [0.3, 0.4) is 0 Å². The minimum absolute atomic E-state index is 0.0292. The average molecular weight is 461 g/mol. The van der Waals surface area contributed by atoms with Gasteiger partial charge in [-0.25, -0.2) is 4.79 Å². The Labute approximate surface area is 184 Å². The van der Waals surface area contributed by atoms with Crippen LogP contribution in [0.25, 0.3) is 0 Å². The van der Waals surface area contributed by atoms with E-state index in [9.17, 15) is 33.9 Å². The molecule has 0 aromatic carbocycles. The molecule has 0 aliphatic heterocycles. The molecule has 32 heavy (non-hydrogen) atoms. The van der Waals surface area contributed by atoms with Crippen LogP contribution in [-0.4, -0.2) is 81.2 Å². The van der Waals surface area contributed by atoms with Gasteiger partial charge in [0.15, 0.2) is 0 Å². The van der Waals surface area contributed by atoms with Crippen molar-refractivity contribution in [3.8, 4) is 0 Å². The van der Waals surface area contributed by atoms with E-state index in [0.717, 1.165) is 0 Å². The topological polar surface area (TPSA) is 251 Å². The second kappa shape index (κ2) is 13.2. The second-order valence-corrected chi connectivity index (χ2v) is 7.69. The van der Waals surface area contributed by atoms with Crippen LogP contribution < -0.4 is 27.4 Å². The Bertz CT molecular complexity index is 726. The van der Waals surface area contributed by atoms with Crippen molar-refractivity contribution in [2.24, 2.45) is 17.4 Å². The molecule has 5 unspecified atom stereocenters. The van der Waals surface area contributed by atoms with Crippen molar-refractivity contribution in [1.82, 2.24) is 16.0 Å². The third-order valence-electron chi connectivity index (χ3n) is 4.19. The third-order valence-corrected chi connectivity index (χ3v) is 4.19. The molecule has 0 aliphatic rings. The van der Waals surface area contributed by atoms with Crippen LogP contribution in [0.15, 0.2) is 0 Å². The van der Waals surface area contributed by atoms with Gasteiger partial charge in [0.05, 0.1) is 18.9 Å². The fraction of sp³-hybridized carbons (Fsp3) is 0.667. The maximum absolute atomic E-state index is 12.7. The summed E-state index contributed by atoms with van der Waals surface area (Å²) in [6.07, 6.45) is -2.76. The molecule has 0 radical (unpaired) electrons. The summed E-state index contributed by atoms with van der Waals surface area (Å²) in [7, 11) is 0. The summed E-state index contributed by atoms with van der Waals surface area (Å²) in [5, 5.41) is 33.8. The second-order valence-electron chi connectivity index (χ2n) is 7.69. The Hall–Kier alpha value is -3.26. The van der Waals surface area contributed by atoms with E-state index in [2.05, 4.69) is 10.6 Å². The number of hydrogen-bond donors (Lipinski definition) is 8. The number of carbonyl (C=O) groups excluding carboxylic acids is 4. The van der Waals surface area contributed by atoms with E-state index in [1.165, 1.54) is 6.92 Å². The Morgan fingerprint density at radius 3 is 1.66 bits per heavy atom. The summed E-state index contributed by atoms with van der Waals surface area (Å²) < 4.78 is 0. The summed E-state index contributed by atoms with van der Waals surface area (Å²) >= 11 is 0. The largest absolute Gasteiger partial charge is 0.481 e. The van der Waals surface area contributed by atoms with Gasteiger partial charge >= 0.3 is 11.9 Å². The molecular weight excluding hydrogens is 430 g/mol. The standard InChI is InChI=1S/C18H31N5O9/c1-7(2)4-9(15(28)23-11(18(31)32)6-13(26)27)21-16(29)10(5-12(19)25)22-17(30)14(20)8(3)24/h7-11,14,24H,4-6,20H2,1-3H3,(H2,19,25)(H,21,29)(H,22,30)(H,23,28)(H,26,27)(H,31,32). The molecule has 0 saturated carbocycles. The van der Waals surface area contributed by atoms with Crippen LogP contribution in [0.2, 0.25) is 0 Å². The fourth-order valence-electron chi connectivity index (χ4n) is 2.52. The number of nitrogens with two attached hydrogens (primary N) is 2. The van der Waals surface area contributed by atoms with Gasteiger partial charge in [0.25, 0.3) is 0 Å². The highest BCUT2D eigenvalue weighted by molar-refractivity contribution is 5.96. The van der Waals surface area contributed by atoms with Crippen molar-refractivity contribution in [2.45, 2.75) is 70.3 Å². The van der Waals surface area contributed by atoms with Gasteiger partial charge in [-0.05, 0) is 19.3 Å². The zero-order valence-electron chi connectivity index (χ0n) is 18.0. The lowest BCUT2D eigenvalue weighted by Crippen LogP contribution is -2.59. The molecule has 0 heterocycles. The molecule has 14 heteroatoms. The average Bonchev–Trinajstić information content (AvgIpc) is 2.64. The summed E-state index contributed by atoms with van der Waals surface area (Å²) in [6, 6.07) is -5.98. The quantitative estimate of drug-likeness (QED) is 0.127. The van der Waals surface area contributed by atoms with Gasteiger partial charge in [0.2, 0.25) is 23.6 Å². The molecule has 0 spiro atoms. The number of carboxylic acid groups (broad SMARTS) is 2. The molecular formula is C18H31N5O9. The number of nitrogens with one attached hydrogen (secondary N) is 3. The van der Waals surface area contributed by atoms with Crippen LogP contribution in [0, 0.1) is 5.92 Å². The molecule has 0 aromatic heterocycles. The van der Waals surface area contributed by atoms with Crippen LogP contribution in [0.1, 0.15) is 40.0 Å². The van der Waals surface area contributed by atoms with Gasteiger partial charge in [-0.15, -0.1) is 0 Å². The summed E-state index contributed by atoms with van der Waals surface area (Å²) in [6.45, 7) is 4.66. The first kappa shape index (κ1) is 28.7. The molecule has 0 aromatic rings. The van der Waals surface area contributed by atoms with Crippen molar-refractivity contribution in [3.05, 3.63) is 0 Å². The third kappa shape index (κ3) is 10.7. The van der Waals surface area contributed by atoms with Crippen molar-refractivity contribution in [3.63, 3.8) is 0 Å². The highest BCUT2D eigenvalue weighted by Gasteiger charge is 2.32. The molecule has 0 saturated heterocycles. The van der Waals surface area contributed by atoms with Gasteiger partial charge in [-0.1, -0.05) is 13.8 Å². The molecule has 182 valence electrons. The maximum Gasteiger partial charge on any atom is 0.326 e. The Balaban J connectivity index is 5.56. The van der Waals surface area contributed by atoms with E-state index in [-0.39, 0.29) is 12.3 Å². The summed E-state index contributed by atoms with van der Waals surface area (Å²) in [4.78, 5) is 70.7. The highest BCUT2D eigenvalue weighted by Crippen LogP contribution is 2.07. The van der Waals surface area contributed by atoms with E-state index in [0.29, 0.717) is 0 Å². The molecule has 4 amide bonds. The first-order valence-corrected chi connectivity index (χ1v) is 9.73. The predicted octanol–water partition coefficient (Wildman–Crippen LogP) is -3.37. The molecule has 0 fully saturated rings. The number of primary amides is 1. The van der Waals surface area contributed by atoms with Crippen molar-refractivity contribution in [1.29, 1.82) is 0 Å². The smallest absolute Gasteiger partial charge is 0.326 e. The normalized spacial score (nSPS) is 15.6. The van der Waals surface area contributed by atoms with Gasteiger partial charge in [-0.3, -0.25) is 24.0 Å². The molecule has 0 bridgehead atoms. The lowest BCUT2D eigenvalue weighted by Gasteiger charge is -2.25. The van der Waals surface area contributed by atoms with E-state index >= 15 is 0 Å². The Morgan fingerprint density at radius 2 is 1.25 bits per heavy atom. The van der Waals surface area contributed by atoms with Crippen molar-refractivity contribution in [2.75, 3.05) is 0 Å². The Morgan fingerprint density at radius 1 is 0.781 bits per heavy atom. The molecule has 0 rings (SSSR count). The molecule has 14 nitrogen and oxygen atoms in total. The minimum atomic E-state index is -1.74. The van der Waals surface area contributed by atoms with Crippen LogP contribution in [0.4, 0.5) is 0 Å². The Kier molecular flexibility index (Phi) is 11.9. The number of carboxylic acids is 2. The summed E-state index contributed by atoms with van der Waals surface area (Å²) in [5.74, 6) is -7.05. The monoisotopic (exact) mass is 461 g/mol. The highest BCUT2D eigenvalue weighted by atomic mass is 16.4. The minimum Gasteiger partial charge on any atom is -0.481 e. The van der Waals surface area contributed by atoms with Gasteiger partial charge in [0, 0.05) is 0 Å². The van der Waals surface area contributed by atoms with Crippen molar-refractivity contribution >= 4 is 35.6 Å².